The van der Waals surface area contributed by atoms with Crippen LogP contribution in [0.25, 0.3) is 0 Å². The van der Waals surface area contributed by atoms with Gasteiger partial charge in [0, 0.05) is 31.5 Å². The van der Waals surface area contributed by atoms with Crippen molar-refractivity contribution in [3.8, 4) is 0 Å². The molecule has 0 spiro atoms. The molecule has 1 aromatic heterocycles. The maximum absolute atomic E-state index is 11.7. The highest BCUT2D eigenvalue weighted by molar-refractivity contribution is 5.76. The van der Waals surface area contributed by atoms with Crippen LogP contribution in [0.3, 0.4) is 0 Å². The average molecular weight is 238 g/mol. The van der Waals surface area contributed by atoms with Gasteiger partial charge in [0.2, 0.25) is 0 Å². The lowest BCUT2D eigenvalue weighted by Gasteiger charge is -2.31. The zero-order valence-corrected chi connectivity index (χ0v) is 9.24. The van der Waals surface area contributed by atoms with E-state index in [2.05, 4.69) is 10.3 Å². The molecule has 0 bridgehead atoms. The van der Waals surface area contributed by atoms with Crippen molar-refractivity contribution in [2.24, 2.45) is 0 Å². The summed E-state index contributed by atoms with van der Waals surface area (Å²) in [5.41, 5.74) is 0. The van der Waals surface area contributed by atoms with Crippen LogP contribution < -0.4 is 5.32 Å². The van der Waals surface area contributed by atoms with E-state index < -0.39 is 6.09 Å². The molecule has 92 valence electrons. The minimum Gasteiger partial charge on any atom is -0.465 e. The zero-order valence-electron chi connectivity index (χ0n) is 9.24. The quantitative estimate of drug-likeness (QED) is 0.749. The number of amides is 2. The highest BCUT2D eigenvalue weighted by Crippen LogP contribution is 2.10. The summed E-state index contributed by atoms with van der Waals surface area (Å²) in [6, 6.07) is -0.408. The van der Waals surface area contributed by atoms with Crippen molar-refractivity contribution in [1.29, 1.82) is 0 Å². The van der Waals surface area contributed by atoms with Gasteiger partial charge in [0.1, 0.15) is 6.33 Å². The summed E-state index contributed by atoms with van der Waals surface area (Å²) < 4.78 is 1.33. The Kier molecular flexibility index (Phi) is 3.27. The first-order valence-electron chi connectivity index (χ1n) is 5.43. The Labute approximate surface area is 98.0 Å². The predicted octanol–water partition coefficient (Wildman–Crippen LogP) is 0.583. The Morgan fingerprint density at radius 3 is 2.94 bits per heavy atom. The Morgan fingerprint density at radius 1 is 1.47 bits per heavy atom. The van der Waals surface area contributed by atoms with E-state index in [1.54, 1.807) is 6.20 Å². The number of nitrogens with one attached hydrogen (secondary N) is 1. The first-order chi connectivity index (χ1) is 8.16. The summed E-state index contributed by atoms with van der Waals surface area (Å²) in [5.74, 6) is 0. The number of carbonyl (C=O) groups excluding carboxylic acids is 1. The standard InChI is InChI=1S/C10H14N4O3/c15-9(14-5-3-11-7-14)12-8-2-1-4-13(6-8)10(16)17/h3,5,7-8H,1-2,4,6H2,(H,12,15)(H,16,17)/t8-/m0/s1. The number of piperidine rings is 1. The Morgan fingerprint density at radius 2 is 2.29 bits per heavy atom. The van der Waals surface area contributed by atoms with Crippen LogP contribution in [0.1, 0.15) is 12.8 Å². The number of imidazole rings is 1. The van der Waals surface area contributed by atoms with E-state index in [1.165, 1.54) is 22.0 Å². The molecule has 1 atom stereocenters. The molecule has 17 heavy (non-hydrogen) atoms. The topological polar surface area (TPSA) is 87.5 Å². The summed E-state index contributed by atoms with van der Waals surface area (Å²) in [6.07, 6.45) is 5.10. The molecule has 7 nitrogen and oxygen atoms in total. The predicted molar refractivity (Wildman–Crippen MR) is 58.8 cm³/mol. The van der Waals surface area contributed by atoms with Gasteiger partial charge < -0.3 is 15.3 Å². The number of carboxylic acid groups (broad SMARTS) is 1. The molecule has 0 aromatic carbocycles. The first kappa shape index (κ1) is 11.4. The van der Waals surface area contributed by atoms with Gasteiger partial charge >= 0.3 is 12.1 Å². The molecule has 1 saturated heterocycles. The Bertz CT molecular complexity index is 404. The molecule has 0 radical (unpaired) electrons. The monoisotopic (exact) mass is 238 g/mol. The molecule has 0 saturated carbocycles. The maximum Gasteiger partial charge on any atom is 0.407 e. The zero-order chi connectivity index (χ0) is 12.3. The molecular formula is C10H14N4O3. The normalized spacial score (nSPS) is 20.0. The highest BCUT2D eigenvalue weighted by Gasteiger charge is 2.24. The largest absolute Gasteiger partial charge is 0.465 e. The van der Waals surface area contributed by atoms with Crippen molar-refractivity contribution in [3.63, 3.8) is 0 Å². The molecule has 7 heteroatoms. The summed E-state index contributed by atoms with van der Waals surface area (Å²) >= 11 is 0. The fourth-order valence-corrected chi connectivity index (χ4v) is 1.90. The molecule has 0 unspecified atom stereocenters. The van der Waals surface area contributed by atoms with Gasteiger partial charge in [0.25, 0.3) is 0 Å². The van der Waals surface area contributed by atoms with E-state index in [0.29, 0.717) is 13.1 Å². The second-order valence-corrected chi connectivity index (χ2v) is 3.99. The van der Waals surface area contributed by atoms with E-state index in [0.717, 1.165) is 12.8 Å². The molecule has 2 N–H and O–H groups in total. The van der Waals surface area contributed by atoms with Crippen LogP contribution in [0.4, 0.5) is 9.59 Å². The third-order valence-electron chi connectivity index (χ3n) is 2.76. The van der Waals surface area contributed by atoms with Gasteiger partial charge in [0.15, 0.2) is 0 Å². The lowest BCUT2D eigenvalue weighted by atomic mass is 10.1. The smallest absolute Gasteiger partial charge is 0.407 e. The number of hydrogen-bond acceptors (Lipinski definition) is 3. The van der Waals surface area contributed by atoms with Crippen molar-refractivity contribution in [3.05, 3.63) is 18.7 Å². The van der Waals surface area contributed by atoms with E-state index >= 15 is 0 Å². The Balaban J connectivity index is 1.91. The first-order valence-corrected chi connectivity index (χ1v) is 5.43. The van der Waals surface area contributed by atoms with Crippen LogP contribution in [0, 0.1) is 0 Å². The van der Waals surface area contributed by atoms with Crippen molar-refractivity contribution < 1.29 is 14.7 Å². The number of hydrogen-bond donors (Lipinski definition) is 2. The summed E-state index contributed by atoms with van der Waals surface area (Å²) in [5, 5.41) is 11.7. The fraction of sp³-hybridized carbons (Fsp3) is 0.500. The minimum absolute atomic E-state index is 0.130. The third kappa shape index (κ3) is 2.74. The molecule has 0 aliphatic carbocycles. The molecule has 2 amide bonds. The molecule has 2 heterocycles. The van der Waals surface area contributed by atoms with Gasteiger partial charge in [-0.3, -0.25) is 4.57 Å². The summed E-state index contributed by atoms with van der Waals surface area (Å²) in [4.78, 5) is 27.6. The van der Waals surface area contributed by atoms with Crippen LogP contribution in [0.2, 0.25) is 0 Å². The average Bonchev–Trinajstić information content (AvgIpc) is 2.82. The highest BCUT2D eigenvalue weighted by atomic mass is 16.4. The summed E-state index contributed by atoms with van der Waals surface area (Å²) in [7, 11) is 0. The van der Waals surface area contributed by atoms with Crippen molar-refractivity contribution in [1.82, 2.24) is 19.8 Å². The number of rotatable bonds is 1. The van der Waals surface area contributed by atoms with Gasteiger partial charge in [-0.2, -0.15) is 0 Å². The molecule has 1 aliphatic heterocycles. The van der Waals surface area contributed by atoms with Gasteiger partial charge in [-0.15, -0.1) is 0 Å². The van der Waals surface area contributed by atoms with Crippen LogP contribution in [0.15, 0.2) is 18.7 Å². The number of likely N-dealkylation sites (tertiary alicyclic amines) is 1. The van der Waals surface area contributed by atoms with Gasteiger partial charge in [-0.05, 0) is 12.8 Å². The molecule has 2 rings (SSSR count). The van der Waals surface area contributed by atoms with Crippen molar-refractivity contribution >= 4 is 12.1 Å². The van der Waals surface area contributed by atoms with Crippen molar-refractivity contribution in [2.75, 3.05) is 13.1 Å². The minimum atomic E-state index is -0.938. The Hall–Kier alpha value is -2.05. The lowest BCUT2D eigenvalue weighted by molar-refractivity contribution is 0.126. The number of aromatic nitrogens is 2. The fourth-order valence-electron chi connectivity index (χ4n) is 1.90. The molecule has 1 aliphatic rings. The second kappa shape index (κ2) is 4.86. The molecule has 1 fully saturated rings. The molecule has 1 aromatic rings. The van der Waals surface area contributed by atoms with Crippen LogP contribution in [0.5, 0.6) is 0 Å². The van der Waals surface area contributed by atoms with Crippen LogP contribution in [-0.2, 0) is 0 Å². The SMILES string of the molecule is O=C(O)N1CCC[C@H](NC(=O)n2ccnc2)C1. The lowest BCUT2D eigenvalue weighted by Crippen LogP contribution is -2.50. The second-order valence-electron chi connectivity index (χ2n) is 3.99. The van der Waals surface area contributed by atoms with E-state index in [9.17, 15) is 9.59 Å². The number of carbonyl (C=O) groups is 2. The number of nitrogens with zero attached hydrogens (tertiary/aromatic N) is 3. The third-order valence-corrected chi connectivity index (χ3v) is 2.76. The summed E-state index contributed by atoms with van der Waals surface area (Å²) in [6.45, 7) is 0.878. The van der Waals surface area contributed by atoms with E-state index in [1.807, 2.05) is 0 Å². The van der Waals surface area contributed by atoms with Crippen LogP contribution >= 0.6 is 0 Å². The van der Waals surface area contributed by atoms with Crippen LogP contribution in [-0.4, -0.2) is 50.8 Å². The van der Waals surface area contributed by atoms with E-state index in [4.69, 9.17) is 5.11 Å². The molecular weight excluding hydrogens is 224 g/mol. The van der Waals surface area contributed by atoms with Gasteiger partial charge in [-0.25, -0.2) is 14.6 Å². The van der Waals surface area contributed by atoms with E-state index in [-0.39, 0.29) is 12.1 Å². The van der Waals surface area contributed by atoms with Gasteiger partial charge in [-0.1, -0.05) is 0 Å². The maximum atomic E-state index is 11.7. The van der Waals surface area contributed by atoms with Gasteiger partial charge in [0.05, 0.1) is 0 Å². The van der Waals surface area contributed by atoms with Crippen molar-refractivity contribution in [2.45, 2.75) is 18.9 Å².